The van der Waals surface area contributed by atoms with Crippen LogP contribution in [0.3, 0.4) is 0 Å². The normalized spacial score (nSPS) is 14.9. The van der Waals surface area contributed by atoms with Gasteiger partial charge < -0.3 is 9.16 Å². The van der Waals surface area contributed by atoms with E-state index in [0.29, 0.717) is 30.8 Å². The van der Waals surface area contributed by atoms with E-state index in [1.807, 2.05) is 58.0 Å². The number of nitrogens with zero attached hydrogens (tertiary/aromatic N) is 1. The van der Waals surface area contributed by atoms with Gasteiger partial charge in [-0.1, -0.05) is 133 Å². The van der Waals surface area contributed by atoms with Crippen molar-refractivity contribution in [1.82, 2.24) is 4.90 Å². The SMILES string of the molecule is C[C@@H](C[C@H](C)CCC(=O)N(C(=O)OC(C)(C)C)[C@@H](C)c1ccccc1)C[C@H](C)CO[Si](c1ccccc1)(c1ccccc1)C(C)(C)C. The predicted octanol–water partition coefficient (Wildman–Crippen LogP) is 9.56. The van der Waals surface area contributed by atoms with Crippen molar-refractivity contribution in [3.8, 4) is 0 Å². The van der Waals surface area contributed by atoms with E-state index in [1.54, 1.807) is 0 Å². The molecule has 4 atom stereocenters. The first kappa shape index (κ1) is 38.2. The maximum absolute atomic E-state index is 13.6. The van der Waals surface area contributed by atoms with Crippen molar-refractivity contribution in [2.75, 3.05) is 6.61 Å². The maximum atomic E-state index is 13.6. The summed E-state index contributed by atoms with van der Waals surface area (Å²) in [5.41, 5.74) is 0.217. The molecule has 0 fully saturated rings. The van der Waals surface area contributed by atoms with Crippen LogP contribution in [0.5, 0.6) is 0 Å². The molecule has 6 heteroatoms. The van der Waals surface area contributed by atoms with Crippen LogP contribution in [-0.2, 0) is 14.0 Å². The molecule has 2 amide bonds. The third-order valence-electron chi connectivity index (χ3n) is 8.99. The Bertz CT molecular complexity index is 1340. The molecule has 3 rings (SSSR count). The number of hydrogen-bond donors (Lipinski definition) is 0. The number of ether oxygens (including phenoxy) is 1. The van der Waals surface area contributed by atoms with Crippen molar-refractivity contribution in [2.45, 2.75) is 112 Å². The van der Waals surface area contributed by atoms with E-state index in [-0.39, 0.29) is 10.9 Å². The monoisotopic (exact) mass is 657 g/mol. The Hall–Kier alpha value is -3.22. The molecule has 5 nitrogen and oxygen atoms in total. The van der Waals surface area contributed by atoms with Crippen LogP contribution in [-0.4, -0.2) is 37.4 Å². The van der Waals surface area contributed by atoms with Crippen molar-refractivity contribution in [3.05, 3.63) is 96.6 Å². The maximum Gasteiger partial charge on any atom is 0.417 e. The molecule has 0 radical (unpaired) electrons. The number of hydrogen-bond acceptors (Lipinski definition) is 4. The van der Waals surface area contributed by atoms with Gasteiger partial charge in [0.1, 0.15) is 5.60 Å². The highest BCUT2D eigenvalue weighted by Crippen LogP contribution is 2.37. The minimum atomic E-state index is -2.57. The van der Waals surface area contributed by atoms with Crippen LogP contribution in [0.2, 0.25) is 5.04 Å². The van der Waals surface area contributed by atoms with Crippen molar-refractivity contribution in [3.63, 3.8) is 0 Å². The standard InChI is InChI=1S/C41H59NO4Si/c1-31(26-27-38(43)42(39(44)46-40(5,6)7)34(4)35-20-14-11-15-21-35)28-32(2)29-33(3)30-45-47(41(8,9)10,36-22-16-12-17-23-36)37-24-18-13-19-25-37/h11-25,31-34H,26-30H2,1-10H3/t31-,32+,33+,34+/m1/s1. The van der Waals surface area contributed by atoms with Crippen molar-refractivity contribution < 1.29 is 18.8 Å². The number of rotatable bonds is 14. The molecule has 0 aromatic heterocycles. The van der Waals surface area contributed by atoms with Crippen LogP contribution in [0.1, 0.15) is 107 Å². The molecule has 256 valence electrons. The van der Waals surface area contributed by atoms with Gasteiger partial charge in [-0.25, -0.2) is 9.69 Å². The first-order chi connectivity index (χ1) is 22.0. The summed E-state index contributed by atoms with van der Waals surface area (Å²) in [5, 5.41) is 2.56. The number of benzene rings is 3. The summed E-state index contributed by atoms with van der Waals surface area (Å²) in [6, 6.07) is 30.9. The van der Waals surface area contributed by atoms with Gasteiger partial charge in [0, 0.05) is 13.0 Å². The van der Waals surface area contributed by atoms with Crippen LogP contribution < -0.4 is 10.4 Å². The topological polar surface area (TPSA) is 55.8 Å². The molecule has 3 aromatic carbocycles. The number of amides is 2. The van der Waals surface area contributed by atoms with Gasteiger partial charge in [0.15, 0.2) is 0 Å². The lowest BCUT2D eigenvalue weighted by atomic mass is 9.88. The smallest absolute Gasteiger partial charge is 0.417 e. The Balaban J connectivity index is 1.63. The first-order valence-corrected chi connectivity index (χ1v) is 19.3. The van der Waals surface area contributed by atoms with Gasteiger partial charge in [-0.2, -0.15) is 0 Å². The van der Waals surface area contributed by atoms with Crippen molar-refractivity contribution in [2.24, 2.45) is 17.8 Å². The van der Waals surface area contributed by atoms with Gasteiger partial charge in [-0.05, 0) is 85.7 Å². The fourth-order valence-corrected chi connectivity index (χ4v) is 11.5. The summed E-state index contributed by atoms with van der Waals surface area (Å²) in [7, 11) is -2.57. The quantitative estimate of drug-likeness (QED) is 0.162. The predicted molar refractivity (Wildman–Crippen MR) is 197 cm³/mol. The minimum absolute atomic E-state index is 0.0483. The van der Waals surface area contributed by atoms with Crippen LogP contribution in [0.25, 0.3) is 0 Å². The lowest BCUT2D eigenvalue weighted by Crippen LogP contribution is -2.66. The van der Waals surface area contributed by atoms with Gasteiger partial charge in [-0.15, -0.1) is 0 Å². The lowest BCUT2D eigenvalue weighted by molar-refractivity contribution is -0.132. The zero-order valence-corrected chi connectivity index (χ0v) is 31.6. The third kappa shape index (κ3) is 10.6. The lowest BCUT2D eigenvalue weighted by Gasteiger charge is -2.43. The van der Waals surface area contributed by atoms with Gasteiger partial charge >= 0.3 is 6.09 Å². The Morgan fingerprint density at radius 3 is 1.62 bits per heavy atom. The van der Waals surface area contributed by atoms with Gasteiger partial charge in [0.25, 0.3) is 8.32 Å². The number of carbonyl (C=O) groups is 2. The highest BCUT2D eigenvalue weighted by Gasteiger charge is 2.50. The van der Waals surface area contributed by atoms with Crippen LogP contribution in [0, 0.1) is 17.8 Å². The molecule has 3 aromatic rings. The Morgan fingerprint density at radius 2 is 1.15 bits per heavy atom. The Morgan fingerprint density at radius 1 is 0.681 bits per heavy atom. The second-order valence-corrected chi connectivity index (χ2v) is 19.9. The summed E-state index contributed by atoms with van der Waals surface area (Å²) in [4.78, 5) is 28.1. The average Bonchev–Trinajstić information content (AvgIpc) is 3.00. The Kier molecular flexibility index (Phi) is 13.6. The largest absolute Gasteiger partial charge is 0.443 e. The molecule has 0 N–H and O–H groups in total. The van der Waals surface area contributed by atoms with Crippen LogP contribution in [0.4, 0.5) is 4.79 Å². The summed E-state index contributed by atoms with van der Waals surface area (Å²) in [6.45, 7) is 21.8. The Labute approximate surface area is 286 Å². The molecule has 0 heterocycles. The average molecular weight is 658 g/mol. The van der Waals surface area contributed by atoms with E-state index in [1.165, 1.54) is 15.3 Å². The molecule has 0 saturated carbocycles. The van der Waals surface area contributed by atoms with Crippen LogP contribution >= 0.6 is 0 Å². The highest BCUT2D eigenvalue weighted by molar-refractivity contribution is 6.99. The van der Waals surface area contributed by atoms with E-state index in [4.69, 9.17) is 9.16 Å². The van der Waals surface area contributed by atoms with Gasteiger partial charge in [0.05, 0.1) is 6.04 Å². The van der Waals surface area contributed by atoms with Crippen molar-refractivity contribution >= 4 is 30.7 Å². The molecule has 0 aliphatic carbocycles. The molecule has 0 aliphatic heterocycles. The minimum Gasteiger partial charge on any atom is -0.443 e. The molecule has 0 spiro atoms. The zero-order chi connectivity index (χ0) is 34.8. The second kappa shape index (κ2) is 16.7. The molecular weight excluding hydrogens is 599 g/mol. The summed E-state index contributed by atoms with van der Waals surface area (Å²) < 4.78 is 12.9. The second-order valence-electron chi connectivity index (χ2n) is 15.6. The fourth-order valence-electron chi connectivity index (χ4n) is 6.84. The van der Waals surface area contributed by atoms with Gasteiger partial charge in [0.2, 0.25) is 5.91 Å². The van der Waals surface area contributed by atoms with E-state index < -0.39 is 26.1 Å². The molecule has 0 aliphatic rings. The van der Waals surface area contributed by atoms with E-state index in [2.05, 4.69) is 102 Å². The number of imide groups is 1. The molecule has 47 heavy (non-hydrogen) atoms. The molecule has 0 unspecified atom stereocenters. The number of carbonyl (C=O) groups excluding carboxylic acids is 2. The van der Waals surface area contributed by atoms with E-state index in [0.717, 1.165) is 24.8 Å². The fraction of sp³-hybridized carbons (Fsp3) is 0.512. The van der Waals surface area contributed by atoms with Crippen molar-refractivity contribution in [1.29, 1.82) is 0 Å². The zero-order valence-electron chi connectivity index (χ0n) is 30.6. The summed E-state index contributed by atoms with van der Waals surface area (Å²) >= 11 is 0. The van der Waals surface area contributed by atoms with E-state index >= 15 is 0 Å². The molecule has 0 bridgehead atoms. The first-order valence-electron chi connectivity index (χ1n) is 17.4. The molecule has 0 saturated heterocycles. The van der Waals surface area contributed by atoms with Crippen LogP contribution in [0.15, 0.2) is 91.0 Å². The summed E-state index contributed by atoms with van der Waals surface area (Å²) in [5.74, 6) is 1.01. The van der Waals surface area contributed by atoms with E-state index in [9.17, 15) is 9.59 Å². The molecular formula is C41H59NO4Si. The summed E-state index contributed by atoms with van der Waals surface area (Å²) in [6.07, 6.45) is 2.49. The highest BCUT2D eigenvalue weighted by atomic mass is 28.4. The third-order valence-corrected chi connectivity index (χ3v) is 14.0. The van der Waals surface area contributed by atoms with Gasteiger partial charge in [-0.3, -0.25) is 4.79 Å².